The van der Waals surface area contributed by atoms with E-state index >= 15 is 0 Å². The highest BCUT2D eigenvalue weighted by Gasteiger charge is 2.14. The van der Waals surface area contributed by atoms with Crippen molar-refractivity contribution in [3.63, 3.8) is 0 Å². The highest BCUT2D eigenvalue weighted by atomic mass is 16.4. The van der Waals surface area contributed by atoms with Crippen LogP contribution in [-0.4, -0.2) is 52.6 Å². The molecule has 6 heteroatoms. The van der Waals surface area contributed by atoms with Crippen LogP contribution in [0.15, 0.2) is 12.4 Å². The minimum absolute atomic E-state index is 0.0939. The number of likely N-dealkylation sites (tertiary alicyclic amines) is 1. The zero-order valence-electron chi connectivity index (χ0n) is 12.8. The van der Waals surface area contributed by atoms with Crippen molar-refractivity contribution in [2.45, 2.75) is 32.7 Å². The van der Waals surface area contributed by atoms with Crippen LogP contribution in [0.4, 0.5) is 5.95 Å². The van der Waals surface area contributed by atoms with Crippen molar-refractivity contribution in [3.8, 4) is 0 Å². The maximum atomic E-state index is 10.7. The van der Waals surface area contributed by atoms with E-state index in [9.17, 15) is 4.79 Å². The quantitative estimate of drug-likeness (QED) is 0.889. The summed E-state index contributed by atoms with van der Waals surface area (Å²) in [6, 6.07) is 0. The van der Waals surface area contributed by atoms with Gasteiger partial charge < -0.3 is 10.0 Å². The fraction of sp³-hybridized carbons (Fsp3) is 0.667. The van der Waals surface area contributed by atoms with Gasteiger partial charge in [0.25, 0.3) is 0 Å². The Balaban J connectivity index is 1.91. The summed E-state index contributed by atoms with van der Waals surface area (Å²) in [7, 11) is 1.68. The first kappa shape index (κ1) is 15.7. The lowest BCUT2D eigenvalue weighted by atomic mass is 10.0. The minimum Gasteiger partial charge on any atom is -0.480 e. The van der Waals surface area contributed by atoms with Gasteiger partial charge in [0.1, 0.15) is 6.54 Å². The standard InChI is InChI=1S/C15H24N4O2/c1-12-4-3-6-19(7-5-12)10-13-8-16-15(17-9-13)18(2)11-14(20)21/h8-9,12H,3-7,10-11H2,1-2H3,(H,20,21)/t12-/m0/s1. The first-order valence-electron chi connectivity index (χ1n) is 7.51. The van der Waals surface area contributed by atoms with Crippen molar-refractivity contribution in [1.29, 1.82) is 0 Å². The highest BCUT2D eigenvalue weighted by Crippen LogP contribution is 2.18. The van der Waals surface area contributed by atoms with E-state index in [1.807, 2.05) is 0 Å². The molecule has 0 aromatic carbocycles. The van der Waals surface area contributed by atoms with Crippen molar-refractivity contribution in [2.24, 2.45) is 5.92 Å². The molecule has 1 N–H and O–H groups in total. The minimum atomic E-state index is -0.885. The van der Waals surface area contributed by atoms with Crippen molar-refractivity contribution in [3.05, 3.63) is 18.0 Å². The van der Waals surface area contributed by atoms with E-state index in [1.54, 1.807) is 19.4 Å². The molecule has 0 spiro atoms. The molecule has 6 nitrogen and oxygen atoms in total. The summed E-state index contributed by atoms with van der Waals surface area (Å²) < 4.78 is 0. The SMILES string of the molecule is C[C@H]1CCCN(Cc2cnc(N(C)CC(=O)O)nc2)CC1. The number of aliphatic carboxylic acids is 1. The molecular formula is C15H24N4O2. The van der Waals surface area contributed by atoms with Gasteiger partial charge in [-0.3, -0.25) is 9.69 Å². The van der Waals surface area contributed by atoms with Gasteiger partial charge >= 0.3 is 5.97 Å². The van der Waals surface area contributed by atoms with E-state index in [-0.39, 0.29) is 6.54 Å². The molecule has 21 heavy (non-hydrogen) atoms. The molecule has 0 saturated carbocycles. The number of hydrogen-bond acceptors (Lipinski definition) is 5. The monoisotopic (exact) mass is 292 g/mol. The van der Waals surface area contributed by atoms with E-state index < -0.39 is 5.97 Å². The number of carboxylic acids is 1. The summed E-state index contributed by atoms with van der Waals surface area (Å²) in [5, 5.41) is 8.76. The Bertz CT molecular complexity index is 463. The fourth-order valence-electron chi connectivity index (χ4n) is 2.64. The molecule has 1 aromatic rings. The third-order valence-corrected chi connectivity index (χ3v) is 3.92. The van der Waals surface area contributed by atoms with Gasteiger partial charge in [-0.25, -0.2) is 9.97 Å². The van der Waals surface area contributed by atoms with Crippen LogP contribution in [0.1, 0.15) is 31.7 Å². The van der Waals surface area contributed by atoms with E-state index in [1.165, 1.54) is 24.2 Å². The topological polar surface area (TPSA) is 69.6 Å². The zero-order chi connectivity index (χ0) is 15.2. The van der Waals surface area contributed by atoms with Crippen molar-refractivity contribution in [1.82, 2.24) is 14.9 Å². The van der Waals surface area contributed by atoms with E-state index in [2.05, 4.69) is 21.8 Å². The Kier molecular flexibility index (Phi) is 5.50. The third kappa shape index (κ3) is 4.97. The number of aromatic nitrogens is 2. The first-order chi connectivity index (χ1) is 10.0. The average Bonchev–Trinajstić information content (AvgIpc) is 2.64. The van der Waals surface area contributed by atoms with Crippen LogP contribution in [0.2, 0.25) is 0 Å². The molecule has 2 heterocycles. The lowest BCUT2D eigenvalue weighted by molar-refractivity contribution is -0.135. The largest absolute Gasteiger partial charge is 0.480 e. The van der Waals surface area contributed by atoms with E-state index in [4.69, 9.17) is 5.11 Å². The van der Waals surface area contributed by atoms with Crippen molar-refractivity contribution >= 4 is 11.9 Å². The molecule has 0 bridgehead atoms. The second-order valence-electron chi connectivity index (χ2n) is 5.95. The van der Waals surface area contributed by atoms with Crippen molar-refractivity contribution in [2.75, 3.05) is 31.6 Å². The van der Waals surface area contributed by atoms with Gasteiger partial charge in [-0.05, 0) is 38.3 Å². The molecule has 0 aliphatic carbocycles. The smallest absolute Gasteiger partial charge is 0.323 e. The molecule has 0 unspecified atom stereocenters. The summed E-state index contributed by atoms with van der Waals surface area (Å²) in [6.07, 6.45) is 7.41. The van der Waals surface area contributed by atoms with Gasteiger partial charge in [-0.15, -0.1) is 0 Å². The van der Waals surface area contributed by atoms with Gasteiger partial charge in [0.2, 0.25) is 5.95 Å². The van der Waals surface area contributed by atoms with Crippen LogP contribution in [-0.2, 0) is 11.3 Å². The summed E-state index contributed by atoms with van der Waals surface area (Å²) in [5.41, 5.74) is 1.08. The molecule has 1 atom stereocenters. The number of nitrogens with zero attached hydrogens (tertiary/aromatic N) is 4. The average molecular weight is 292 g/mol. The van der Waals surface area contributed by atoms with Gasteiger partial charge in [0.15, 0.2) is 0 Å². The molecule has 1 saturated heterocycles. The van der Waals surface area contributed by atoms with Crippen LogP contribution in [0.25, 0.3) is 0 Å². The molecule has 1 aliphatic rings. The Labute approximate surface area is 125 Å². The molecule has 116 valence electrons. The maximum Gasteiger partial charge on any atom is 0.323 e. The summed E-state index contributed by atoms with van der Waals surface area (Å²) >= 11 is 0. The molecule has 1 fully saturated rings. The van der Waals surface area contributed by atoms with Gasteiger partial charge in [-0.1, -0.05) is 6.92 Å². The zero-order valence-corrected chi connectivity index (χ0v) is 12.8. The van der Waals surface area contributed by atoms with Gasteiger partial charge in [-0.2, -0.15) is 0 Å². The Hall–Kier alpha value is -1.69. The van der Waals surface area contributed by atoms with Crippen LogP contribution in [0.5, 0.6) is 0 Å². The first-order valence-corrected chi connectivity index (χ1v) is 7.51. The van der Waals surface area contributed by atoms with Crippen LogP contribution < -0.4 is 4.90 Å². The number of carboxylic acid groups (broad SMARTS) is 1. The summed E-state index contributed by atoms with van der Waals surface area (Å²) in [4.78, 5) is 23.2. The molecular weight excluding hydrogens is 268 g/mol. The molecule has 0 amide bonds. The molecule has 1 aliphatic heterocycles. The Morgan fingerprint density at radius 1 is 1.38 bits per heavy atom. The predicted octanol–water partition coefficient (Wildman–Crippen LogP) is 1.62. The Morgan fingerprint density at radius 3 is 2.76 bits per heavy atom. The number of carbonyl (C=O) groups is 1. The van der Waals surface area contributed by atoms with Gasteiger partial charge in [0, 0.05) is 31.5 Å². The number of hydrogen-bond donors (Lipinski definition) is 1. The highest BCUT2D eigenvalue weighted by molar-refractivity contribution is 5.72. The second-order valence-corrected chi connectivity index (χ2v) is 5.95. The molecule has 1 aromatic heterocycles. The van der Waals surface area contributed by atoms with Crippen LogP contribution >= 0.6 is 0 Å². The van der Waals surface area contributed by atoms with Gasteiger partial charge in [0.05, 0.1) is 0 Å². The normalized spacial score (nSPS) is 20.0. The molecule has 0 radical (unpaired) electrons. The van der Waals surface area contributed by atoms with Crippen LogP contribution in [0, 0.1) is 5.92 Å². The lowest BCUT2D eigenvalue weighted by Crippen LogP contribution is -2.27. The van der Waals surface area contributed by atoms with Crippen molar-refractivity contribution < 1.29 is 9.90 Å². The summed E-state index contributed by atoms with van der Waals surface area (Å²) in [6.45, 7) is 5.35. The van der Waals surface area contributed by atoms with E-state index in [0.29, 0.717) is 5.95 Å². The number of anilines is 1. The number of rotatable bonds is 5. The second kappa shape index (κ2) is 7.36. The summed E-state index contributed by atoms with van der Waals surface area (Å²) in [5.74, 6) is 0.382. The maximum absolute atomic E-state index is 10.7. The Morgan fingerprint density at radius 2 is 2.10 bits per heavy atom. The number of likely N-dealkylation sites (N-methyl/N-ethyl adjacent to an activating group) is 1. The predicted molar refractivity (Wildman–Crippen MR) is 81.2 cm³/mol. The van der Waals surface area contributed by atoms with Crippen LogP contribution in [0.3, 0.4) is 0 Å². The van der Waals surface area contributed by atoms with E-state index in [0.717, 1.165) is 31.1 Å². The lowest BCUT2D eigenvalue weighted by Gasteiger charge is -2.20. The molecule has 2 rings (SSSR count). The third-order valence-electron chi connectivity index (χ3n) is 3.92. The fourth-order valence-corrected chi connectivity index (χ4v) is 2.64.